The van der Waals surface area contributed by atoms with E-state index in [2.05, 4.69) is 0 Å². The molecule has 1 heterocycles. The zero-order valence-corrected chi connectivity index (χ0v) is 12.1. The highest BCUT2D eigenvalue weighted by Gasteiger charge is 2.29. The molecule has 2 rings (SSSR count). The van der Waals surface area contributed by atoms with Crippen molar-refractivity contribution in [3.05, 3.63) is 40.8 Å². The van der Waals surface area contributed by atoms with Crippen molar-refractivity contribution < 1.29 is 13.2 Å². The van der Waals surface area contributed by atoms with Gasteiger partial charge < -0.3 is 4.90 Å². The standard InChI is InChI=1S/C14H17NO3S/c1-10-4-5-13(8-11(10)2)15(12(3)16)14-6-7-19(17,18)9-14/h4-8,14H,9H2,1-3H3/t14-/m1/s1. The van der Waals surface area contributed by atoms with Crippen molar-refractivity contribution in [2.45, 2.75) is 26.8 Å². The Morgan fingerprint density at radius 2 is 1.95 bits per heavy atom. The molecule has 1 aromatic carbocycles. The number of anilines is 1. The highest BCUT2D eigenvalue weighted by molar-refractivity contribution is 7.94. The molecule has 1 aliphatic rings. The normalized spacial score (nSPS) is 20.5. The van der Waals surface area contributed by atoms with Crippen LogP contribution in [0.25, 0.3) is 0 Å². The Bertz CT molecular complexity index is 647. The van der Waals surface area contributed by atoms with Gasteiger partial charge >= 0.3 is 0 Å². The average molecular weight is 279 g/mol. The van der Waals surface area contributed by atoms with Gasteiger partial charge in [0.25, 0.3) is 0 Å². The lowest BCUT2D eigenvalue weighted by molar-refractivity contribution is -0.116. The van der Waals surface area contributed by atoms with Crippen molar-refractivity contribution >= 4 is 21.4 Å². The Balaban J connectivity index is 2.39. The van der Waals surface area contributed by atoms with Crippen LogP contribution in [0, 0.1) is 13.8 Å². The SMILES string of the molecule is CC(=O)N(c1ccc(C)c(C)c1)[C@@H]1C=CS(=O)(=O)C1. The van der Waals surface area contributed by atoms with Gasteiger partial charge in [-0.1, -0.05) is 6.07 Å². The molecule has 0 aromatic heterocycles. The van der Waals surface area contributed by atoms with Gasteiger partial charge in [-0.05, 0) is 43.2 Å². The van der Waals surface area contributed by atoms with E-state index in [1.165, 1.54) is 17.2 Å². The Morgan fingerprint density at radius 1 is 1.26 bits per heavy atom. The smallest absolute Gasteiger partial charge is 0.224 e. The summed E-state index contributed by atoms with van der Waals surface area (Å²) in [4.78, 5) is 13.4. The fourth-order valence-electron chi connectivity index (χ4n) is 2.20. The molecular formula is C14H17NO3S. The number of hydrogen-bond donors (Lipinski definition) is 0. The van der Waals surface area contributed by atoms with Gasteiger partial charge in [0.05, 0.1) is 11.8 Å². The zero-order valence-electron chi connectivity index (χ0n) is 11.3. The minimum atomic E-state index is -3.17. The first-order chi connectivity index (χ1) is 8.80. The molecule has 0 spiro atoms. The molecule has 4 nitrogen and oxygen atoms in total. The summed E-state index contributed by atoms with van der Waals surface area (Å²) in [5.41, 5.74) is 2.96. The third kappa shape index (κ3) is 2.87. The number of sulfone groups is 1. The molecule has 0 unspecified atom stereocenters. The molecule has 1 amide bonds. The van der Waals surface area contributed by atoms with E-state index in [1.54, 1.807) is 6.08 Å². The molecule has 1 atom stereocenters. The van der Waals surface area contributed by atoms with E-state index < -0.39 is 15.9 Å². The summed E-state index contributed by atoms with van der Waals surface area (Å²) in [5, 5.41) is 1.19. The van der Waals surface area contributed by atoms with Crippen LogP contribution < -0.4 is 4.90 Å². The molecule has 0 aliphatic carbocycles. The minimum Gasteiger partial charge on any atom is -0.305 e. The summed E-state index contributed by atoms with van der Waals surface area (Å²) in [6.07, 6.45) is 1.58. The molecule has 1 aliphatic heterocycles. The van der Waals surface area contributed by atoms with Crippen LogP contribution in [0.4, 0.5) is 5.69 Å². The number of benzene rings is 1. The van der Waals surface area contributed by atoms with Crippen molar-refractivity contribution in [1.82, 2.24) is 0 Å². The van der Waals surface area contributed by atoms with Crippen LogP contribution in [-0.4, -0.2) is 26.1 Å². The van der Waals surface area contributed by atoms with Gasteiger partial charge in [-0.25, -0.2) is 8.42 Å². The molecule has 1 aromatic rings. The van der Waals surface area contributed by atoms with E-state index in [0.717, 1.165) is 16.8 Å². The lowest BCUT2D eigenvalue weighted by atomic mass is 10.1. The van der Waals surface area contributed by atoms with Gasteiger partial charge in [0.15, 0.2) is 9.84 Å². The van der Waals surface area contributed by atoms with Crippen LogP contribution in [0.1, 0.15) is 18.1 Å². The Kier molecular flexibility index (Phi) is 3.49. The second-order valence-electron chi connectivity index (χ2n) is 4.88. The van der Waals surface area contributed by atoms with Gasteiger partial charge in [0, 0.05) is 18.0 Å². The van der Waals surface area contributed by atoms with Crippen LogP contribution in [0.3, 0.4) is 0 Å². The first kappa shape index (κ1) is 13.8. The van der Waals surface area contributed by atoms with E-state index in [4.69, 9.17) is 0 Å². The first-order valence-electron chi connectivity index (χ1n) is 6.08. The minimum absolute atomic E-state index is 0.0422. The van der Waals surface area contributed by atoms with Gasteiger partial charge in [0.2, 0.25) is 5.91 Å². The predicted molar refractivity (Wildman–Crippen MR) is 75.8 cm³/mol. The third-order valence-corrected chi connectivity index (χ3v) is 4.73. The van der Waals surface area contributed by atoms with E-state index in [-0.39, 0.29) is 11.7 Å². The molecule has 0 bridgehead atoms. The predicted octanol–water partition coefficient (Wildman–Crippen LogP) is 1.97. The molecule has 0 fully saturated rings. The fraction of sp³-hybridized carbons (Fsp3) is 0.357. The molecular weight excluding hydrogens is 262 g/mol. The van der Waals surface area contributed by atoms with Crippen LogP contribution >= 0.6 is 0 Å². The number of amides is 1. The average Bonchev–Trinajstić information content (AvgIpc) is 2.64. The maximum Gasteiger partial charge on any atom is 0.224 e. The number of carbonyl (C=O) groups excluding carboxylic acids is 1. The van der Waals surface area contributed by atoms with Crippen LogP contribution in [0.15, 0.2) is 29.7 Å². The Labute approximate surface area is 113 Å². The second kappa shape index (κ2) is 4.81. The van der Waals surface area contributed by atoms with Gasteiger partial charge in [-0.2, -0.15) is 0 Å². The third-order valence-electron chi connectivity index (χ3n) is 3.35. The first-order valence-corrected chi connectivity index (χ1v) is 7.80. The molecule has 0 saturated carbocycles. The molecule has 19 heavy (non-hydrogen) atoms. The summed E-state index contributed by atoms with van der Waals surface area (Å²) >= 11 is 0. The fourth-order valence-corrected chi connectivity index (χ4v) is 3.47. The summed E-state index contributed by atoms with van der Waals surface area (Å²) in [6, 6.07) is 5.29. The van der Waals surface area contributed by atoms with E-state index in [1.807, 2.05) is 32.0 Å². The van der Waals surface area contributed by atoms with E-state index in [0.29, 0.717) is 0 Å². The van der Waals surface area contributed by atoms with Gasteiger partial charge in [-0.3, -0.25) is 4.79 Å². The van der Waals surface area contributed by atoms with Crippen molar-refractivity contribution in [3.63, 3.8) is 0 Å². The lowest BCUT2D eigenvalue weighted by Crippen LogP contribution is -2.39. The summed E-state index contributed by atoms with van der Waals surface area (Å²) in [6.45, 7) is 5.42. The number of rotatable bonds is 2. The van der Waals surface area contributed by atoms with Crippen molar-refractivity contribution in [1.29, 1.82) is 0 Å². The van der Waals surface area contributed by atoms with E-state index in [9.17, 15) is 13.2 Å². The molecule has 5 heteroatoms. The number of carbonyl (C=O) groups is 1. The van der Waals surface area contributed by atoms with Crippen molar-refractivity contribution in [2.24, 2.45) is 0 Å². The molecule has 0 radical (unpaired) electrons. The van der Waals surface area contributed by atoms with Crippen LogP contribution in [-0.2, 0) is 14.6 Å². The van der Waals surface area contributed by atoms with Gasteiger partial charge in [0.1, 0.15) is 0 Å². The Morgan fingerprint density at radius 3 is 2.42 bits per heavy atom. The van der Waals surface area contributed by atoms with Crippen molar-refractivity contribution in [2.75, 3.05) is 10.7 Å². The molecule has 0 saturated heterocycles. The summed E-state index contributed by atoms with van der Waals surface area (Å²) in [5.74, 6) is -0.200. The number of aryl methyl sites for hydroxylation is 2. The zero-order chi connectivity index (χ0) is 14.2. The monoisotopic (exact) mass is 279 g/mol. The largest absolute Gasteiger partial charge is 0.305 e. The Hall–Kier alpha value is -1.62. The lowest BCUT2D eigenvalue weighted by Gasteiger charge is -2.26. The van der Waals surface area contributed by atoms with Crippen LogP contribution in [0.2, 0.25) is 0 Å². The number of nitrogens with zero attached hydrogens (tertiary/aromatic N) is 1. The van der Waals surface area contributed by atoms with Gasteiger partial charge in [-0.15, -0.1) is 0 Å². The molecule has 102 valence electrons. The topological polar surface area (TPSA) is 54.5 Å². The highest BCUT2D eigenvalue weighted by Crippen LogP contribution is 2.24. The second-order valence-corrected chi connectivity index (χ2v) is 6.81. The maximum absolute atomic E-state index is 11.8. The van der Waals surface area contributed by atoms with Crippen LogP contribution in [0.5, 0.6) is 0 Å². The summed E-state index contributed by atoms with van der Waals surface area (Å²) in [7, 11) is -3.17. The maximum atomic E-state index is 11.8. The van der Waals surface area contributed by atoms with Crippen molar-refractivity contribution in [3.8, 4) is 0 Å². The highest BCUT2D eigenvalue weighted by atomic mass is 32.2. The number of hydrogen-bond acceptors (Lipinski definition) is 3. The quantitative estimate of drug-likeness (QED) is 0.831. The summed E-state index contributed by atoms with van der Waals surface area (Å²) < 4.78 is 23.0. The molecule has 0 N–H and O–H groups in total. The van der Waals surface area contributed by atoms with E-state index >= 15 is 0 Å².